The van der Waals surface area contributed by atoms with Crippen LogP contribution in [0.1, 0.15) is 26.7 Å². The highest BCUT2D eigenvalue weighted by molar-refractivity contribution is 5.71. The van der Waals surface area contributed by atoms with Crippen LogP contribution in [0.25, 0.3) is 11.2 Å². The Morgan fingerprint density at radius 1 is 1.32 bits per heavy atom. The van der Waals surface area contributed by atoms with E-state index in [-0.39, 0.29) is 0 Å². The maximum atomic E-state index is 4.62. The second kappa shape index (κ2) is 6.52. The van der Waals surface area contributed by atoms with Gasteiger partial charge >= 0.3 is 0 Å². The molecule has 3 rings (SSSR count). The number of nitrogens with zero attached hydrogens (tertiary/aromatic N) is 3. The molecule has 0 atom stereocenters. The Bertz CT molecular complexity index is 499. The van der Waals surface area contributed by atoms with E-state index in [1.54, 1.807) is 0 Å². The number of hydrogen-bond donors (Lipinski definition) is 2. The molecule has 2 N–H and O–H groups in total. The highest BCUT2D eigenvalue weighted by Crippen LogP contribution is 2.19. The molecule has 104 valence electrons. The van der Waals surface area contributed by atoms with Crippen LogP contribution in [0.4, 0.5) is 5.82 Å². The summed E-state index contributed by atoms with van der Waals surface area (Å²) in [6, 6.07) is 2.61. The number of H-pyrrole nitrogens is 1. The summed E-state index contributed by atoms with van der Waals surface area (Å²) in [5.41, 5.74) is 1.80. The molecule has 1 aliphatic heterocycles. The number of aromatic amines is 1. The molecule has 5 nitrogen and oxygen atoms in total. The van der Waals surface area contributed by atoms with Gasteiger partial charge in [-0.05, 0) is 26.0 Å². The highest BCUT2D eigenvalue weighted by atomic mass is 15.2. The van der Waals surface area contributed by atoms with Gasteiger partial charge in [-0.3, -0.25) is 0 Å². The molecule has 5 heteroatoms. The quantitative estimate of drug-likeness (QED) is 0.870. The zero-order valence-corrected chi connectivity index (χ0v) is 12.0. The molecular weight excluding hydrogens is 238 g/mol. The van der Waals surface area contributed by atoms with Gasteiger partial charge in [-0.2, -0.15) is 0 Å². The van der Waals surface area contributed by atoms with E-state index in [4.69, 9.17) is 0 Å². The average molecular weight is 261 g/mol. The summed E-state index contributed by atoms with van der Waals surface area (Å²) in [4.78, 5) is 14.4. The number of hydrogen-bond acceptors (Lipinski definition) is 4. The number of nitrogens with one attached hydrogen (secondary N) is 2. The number of fused-ring (bicyclic) bond motifs is 1. The van der Waals surface area contributed by atoms with E-state index in [0.717, 1.165) is 30.1 Å². The minimum Gasteiger partial charge on any atom is -0.355 e. The Balaban J connectivity index is 0.000000637. The van der Waals surface area contributed by atoms with Gasteiger partial charge in [0, 0.05) is 25.3 Å². The lowest BCUT2D eigenvalue weighted by atomic mass is 10.1. The van der Waals surface area contributed by atoms with Crippen LogP contribution < -0.4 is 10.2 Å². The molecule has 1 fully saturated rings. The smallest absolute Gasteiger partial charge is 0.156 e. The topological polar surface area (TPSA) is 56.8 Å². The predicted octanol–water partition coefficient (Wildman–Crippen LogP) is 2.17. The lowest BCUT2D eigenvalue weighted by molar-refractivity contribution is 0.441. The van der Waals surface area contributed by atoms with Gasteiger partial charge in [-0.25, -0.2) is 9.97 Å². The highest BCUT2D eigenvalue weighted by Gasteiger charge is 2.19. The lowest BCUT2D eigenvalue weighted by Gasteiger charge is -2.32. The van der Waals surface area contributed by atoms with Gasteiger partial charge in [0.15, 0.2) is 5.65 Å². The normalized spacial score (nSPS) is 16.3. The first kappa shape index (κ1) is 13.8. The Kier molecular flexibility index (Phi) is 4.74. The molecule has 3 heterocycles. The molecule has 1 saturated heterocycles. The van der Waals surface area contributed by atoms with Crippen molar-refractivity contribution in [2.75, 3.05) is 25.0 Å². The molecular formula is C14H23N5. The van der Waals surface area contributed by atoms with Crippen molar-refractivity contribution in [2.24, 2.45) is 0 Å². The minimum absolute atomic E-state index is 0.648. The molecule has 0 saturated carbocycles. The Labute approximate surface area is 114 Å². The summed E-state index contributed by atoms with van der Waals surface area (Å²) in [5.74, 6) is 0.992. The van der Waals surface area contributed by atoms with Crippen LogP contribution in [0.2, 0.25) is 0 Å². The van der Waals surface area contributed by atoms with Crippen LogP contribution in [0.15, 0.2) is 18.5 Å². The summed E-state index contributed by atoms with van der Waals surface area (Å²) in [5, 5.41) is 3.33. The van der Waals surface area contributed by atoms with Gasteiger partial charge in [0.25, 0.3) is 0 Å². The van der Waals surface area contributed by atoms with E-state index in [0.29, 0.717) is 6.04 Å². The van der Waals surface area contributed by atoms with E-state index in [1.807, 2.05) is 39.4 Å². The van der Waals surface area contributed by atoms with Crippen molar-refractivity contribution in [3.63, 3.8) is 0 Å². The van der Waals surface area contributed by atoms with Gasteiger partial charge in [0.05, 0.1) is 6.20 Å². The maximum absolute atomic E-state index is 4.62. The van der Waals surface area contributed by atoms with Crippen molar-refractivity contribution in [3.05, 3.63) is 18.5 Å². The Morgan fingerprint density at radius 3 is 2.74 bits per heavy atom. The molecule has 0 bridgehead atoms. The van der Waals surface area contributed by atoms with Gasteiger partial charge in [0.1, 0.15) is 11.3 Å². The molecule has 19 heavy (non-hydrogen) atoms. The minimum atomic E-state index is 0.648. The van der Waals surface area contributed by atoms with Crippen molar-refractivity contribution in [3.8, 4) is 0 Å². The molecule has 0 unspecified atom stereocenters. The van der Waals surface area contributed by atoms with Crippen LogP contribution in [0.5, 0.6) is 0 Å². The van der Waals surface area contributed by atoms with Crippen LogP contribution >= 0.6 is 0 Å². The summed E-state index contributed by atoms with van der Waals surface area (Å²) in [6.45, 7) is 6.10. The molecule has 1 aliphatic rings. The van der Waals surface area contributed by atoms with Gasteiger partial charge in [-0.15, -0.1) is 0 Å². The SMILES string of the molecule is CC.CNC1CCN(c2cnc3[nH]ccc3n2)CC1. The van der Waals surface area contributed by atoms with E-state index in [9.17, 15) is 0 Å². The lowest BCUT2D eigenvalue weighted by Crippen LogP contribution is -2.41. The van der Waals surface area contributed by atoms with E-state index < -0.39 is 0 Å². The number of rotatable bonds is 2. The first-order valence-electron chi connectivity index (χ1n) is 7.09. The average Bonchev–Trinajstić information content (AvgIpc) is 2.97. The summed E-state index contributed by atoms with van der Waals surface area (Å²) < 4.78 is 0. The standard InChI is InChI=1S/C12H17N5.C2H6/c1-13-9-3-6-17(7-4-9)11-8-15-12-10(16-11)2-5-14-12;1-2/h2,5,8-9,13H,3-4,6-7H2,1H3,(H,14,15);1-2H3. The zero-order chi connectivity index (χ0) is 13.7. The molecule has 0 amide bonds. The fraction of sp³-hybridized carbons (Fsp3) is 0.571. The number of piperidine rings is 1. The zero-order valence-electron chi connectivity index (χ0n) is 12.0. The predicted molar refractivity (Wildman–Crippen MR) is 79.5 cm³/mol. The van der Waals surface area contributed by atoms with Crippen molar-refractivity contribution in [1.82, 2.24) is 20.3 Å². The van der Waals surface area contributed by atoms with Crippen LogP contribution in [0.3, 0.4) is 0 Å². The third-order valence-corrected chi connectivity index (χ3v) is 3.48. The van der Waals surface area contributed by atoms with E-state index in [1.165, 1.54) is 12.8 Å². The Hall–Kier alpha value is -1.62. The monoisotopic (exact) mass is 261 g/mol. The third kappa shape index (κ3) is 3.04. The fourth-order valence-corrected chi connectivity index (χ4v) is 2.37. The third-order valence-electron chi connectivity index (χ3n) is 3.48. The molecule has 0 spiro atoms. The Morgan fingerprint density at radius 2 is 2.05 bits per heavy atom. The van der Waals surface area contributed by atoms with Crippen LogP contribution in [0, 0.1) is 0 Å². The van der Waals surface area contributed by atoms with Gasteiger partial charge in [0.2, 0.25) is 0 Å². The molecule has 0 aromatic carbocycles. The maximum Gasteiger partial charge on any atom is 0.156 e. The molecule has 0 aliphatic carbocycles. The first-order valence-corrected chi connectivity index (χ1v) is 7.09. The van der Waals surface area contributed by atoms with Gasteiger partial charge in [-0.1, -0.05) is 13.8 Å². The van der Waals surface area contributed by atoms with Crippen molar-refractivity contribution in [2.45, 2.75) is 32.7 Å². The van der Waals surface area contributed by atoms with Gasteiger partial charge < -0.3 is 15.2 Å². The fourth-order valence-electron chi connectivity index (χ4n) is 2.37. The molecule has 2 aromatic heterocycles. The summed E-state index contributed by atoms with van der Waals surface area (Å²) >= 11 is 0. The molecule has 2 aromatic rings. The van der Waals surface area contributed by atoms with Crippen molar-refractivity contribution < 1.29 is 0 Å². The van der Waals surface area contributed by atoms with E-state index >= 15 is 0 Å². The second-order valence-corrected chi connectivity index (χ2v) is 4.49. The second-order valence-electron chi connectivity index (χ2n) is 4.49. The van der Waals surface area contributed by atoms with Crippen molar-refractivity contribution >= 4 is 17.0 Å². The largest absolute Gasteiger partial charge is 0.355 e. The van der Waals surface area contributed by atoms with E-state index in [2.05, 4.69) is 25.2 Å². The summed E-state index contributed by atoms with van der Waals surface area (Å²) in [7, 11) is 2.03. The van der Waals surface area contributed by atoms with Crippen LogP contribution in [-0.4, -0.2) is 41.1 Å². The molecule has 0 radical (unpaired) electrons. The number of anilines is 1. The first-order chi connectivity index (χ1) is 9.36. The summed E-state index contributed by atoms with van der Waals surface area (Å²) in [6.07, 6.45) is 6.08. The van der Waals surface area contributed by atoms with Crippen LogP contribution in [-0.2, 0) is 0 Å². The number of aromatic nitrogens is 3. The van der Waals surface area contributed by atoms with Crippen molar-refractivity contribution in [1.29, 1.82) is 0 Å².